The molecule has 2 aromatic heterocycles. The number of aromatic nitrogens is 4. The first-order valence-corrected chi connectivity index (χ1v) is 10.7. The van der Waals surface area contributed by atoms with Crippen LogP contribution in [0.4, 0.5) is 23.0 Å². The molecule has 10 heteroatoms. The van der Waals surface area contributed by atoms with Gasteiger partial charge in [0, 0.05) is 43.9 Å². The number of rotatable bonds is 8. The lowest BCUT2D eigenvalue weighted by molar-refractivity contribution is 0.413. The van der Waals surface area contributed by atoms with Crippen LogP contribution in [-0.4, -0.2) is 66.0 Å². The first kappa shape index (κ1) is 22.8. The summed E-state index contributed by atoms with van der Waals surface area (Å²) in [6.07, 6.45) is 3.36. The second-order valence-corrected chi connectivity index (χ2v) is 8.14. The molecule has 0 aliphatic heterocycles. The van der Waals surface area contributed by atoms with E-state index in [4.69, 9.17) is 15.7 Å². The molecule has 0 amide bonds. The molecular formula is C24H27N9O. The van der Waals surface area contributed by atoms with Crippen LogP contribution in [0.3, 0.4) is 0 Å². The highest BCUT2D eigenvalue weighted by Crippen LogP contribution is 2.36. The minimum Gasteiger partial charge on any atom is -0.494 e. The highest BCUT2D eigenvalue weighted by Gasteiger charge is 2.14. The lowest BCUT2D eigenvalue weighted by Gasteiger charge is -2.24. The standard InChI is InChI=1S/C24H27N9O/c1-31(2)9-10-32(3)21-13-22(34-4)19(12-18(21)26)29-24-27-8-7-23(30-24)33-20-6-5-16(14-25)11-17(20)15-28-33/h5-8,11-13,15H,9-10,26H2,1-4H3,(H,27,29,30). The van der Waals surface area contributed by atoms with E-state index < -0.39 is 0 Å². The molecule has 0 aliphatic carbocycles. The Labute approximate surface area is 198 Å². The fourth-order valence-corrected chi connectivity index (χ4v) is 3.59. The maximum absolute atomic E-state index is 9.13. The highest BCUT2D eigenvalue weighted by molar-refractivity contribution is 5.82. The number of nitrogen functional groups attached to an aromatic ring is 1. The number of ether oxygens (including phenoxy) is 1. The number of hydrogen-bond acceptors (Lipinski definition) is 9. The van der Waals surface area contributed by atoms with Gasteiger partial charge < -0.3 is 25.6 Å². The van der Waals surface area contributed by atoms with Crippen molar-refractivity contribution in [3.05, 3.63) is 54.4 Å². The molecule has 174 valence electrons. The predicted molar refractivity (Wildman–Crippen MR) is 134 cm³/mol. The van der Waals surface area contributed by atoms with Crippen LogP contribution < -0.4 is 20.7 Å². The molecule has 0 bridgehead atoms. The molecule has 10 nitrogen and oxygen atoms in total. The maximum atomic E-state index is 9.13. The van der Waals surface area contributed by atoms with Crippen LogP contribution in [0, 0.1) is 11.3 Å². The number of nitriles is 1. The number of anilines is 4. The fraction of sp³-hybridized carbons (Fsp3) is 0.250. The number of benzene rings is 2. The van der Waals surface area contributed by atoms with E-state index in [9.17, 15) is 0 Å². The molecule has 3 N–H and O–H groups in total. The van der Waals surface area contributed by atoms with Crippen LogP contribution in [0.2, 0.25) is 0 Å². The van der Waals surface area contributed by atoms with Crippen molar-refractivity contribution in [3.8, 4) is 17.6 Å². The number of likely N-dealkylation sites (N-methyl/N-ethyl adjacent to an activating group) is 2. The fourth-order valence-electron chi connectivity index (χ4n) is 3.59. The van der Waals surface area contributed by atoms with Crippen molar-refractivity contribution >= 4 is 33.9 Å². The Morgan fingerprint density at radius 3 is 2.71 bits per heavy atom. The lowest BCUT2D eigenvalue weighted by Crippen LogP contribution is -2.29. The highest BCUT2D eigenvalue weighted by atomic mass is 16.5. The summed E-state index contributed by atoms with van der Waals surface area (Å²) in [5.41, 5.74) is 9.96. The molecule has 0 aliphatic rings. The topological polar surface area (TPSA) is 121 Å². The minimum absolute atomic E-state index is 0.376. The van der Waals surface area contributed by atoms with Gasteiger partial charge in [0.2, 0.25) is 5.95 Å². The summed E-state index contributed by atoms with van der Waals surface area (Å²) in [7, 11) is 7.69. The molecule has 0 saturated heterocycles. The molecular weight excluding hydrogens is 430 g/mol. The van der Waals surface area contributed by atoms with Crippen LogP contribution in [0.1, 0.15) is 5.56 Å². The van der Waals surface area contributed by atoms with E-state index in [0.717, 1.165) is 29.7 Å². The van der Waals surface area contributed by atoms with Gasteiger partial charge >= 0.3 is 0 Å². The summed E-state index contributed by atoms with van der Waals surface area (Å²) < 4.78 is 7.32. The van der Waals surface area contributed by atoms with Crippen molar-refractivity contribution in [1.29, 1.82) is 5.26 Å². The smallest absolute Gasteiger partial charge is 0.229 e. The van der Waals surface area contributed by atoms with Crippen LogP contribution in [0.15, 0.2) is 48.8 Å². The van der Waals surface area contributed by atoms with Gasteiger partial charge in [-0.25, -0.2) is 9.67 Å². The number of hydrogen-bond donors (Lipinski definition) is 2. The van der Waals surface area contributed by atoms with Gasteiger partial charge in [-0.05, 0) is 38.4 Å². The summed E-state index contributed by atoms with van der Waals surface area (Å²) in [6, 6.07) is 13.0. The Hall–Kier alpha value is -4.36. The molecule has 34 heavy (non-hydrogen) atoms. The molecule has 2 heterocycles. The average molecular weight is 458 g/mol. The SMILES string of the molecule is COc1cc(N(C)CCN(C)C)c(N)cc1Nc1nccc(-n2ncc3cc(C#N)ccc32)n1. The number of methoxy groups -OCH3 is 1. The Balaban J connectivity index is 1.62. The van der Waals surface area contributed by atoms with E-state index in [1.165, 1.54) is 0 Å². The quantitative estimate of drug-likeness (QED) is 0.385. The van der Waals surface area contributed by atoms with E-state index in [1.54, 1.807) is 42.4 Å². The zero-order chi connectivity index (χ0) is 24.2. The van der Waals surface area contributed by atoms with Gasteiger partial charge in [-0.3, -0.25) is 0 Å². The minimum atomic E-state index is 0.376. The van der Waals surface area contributed by atoms with E-state index in [2.05, 4.69) is 36.3 Å². The molecule has 0 radical (unpaired) electrons. The summed E-state index contributed by atoms with van der Waals surface area (Å²) in [5, 5.41) is 17.6. The zero-order valence-electron chi connectivity index (χ0n) is 19.6. The van der Waals surface area contributed by atoms with E-state index in [0.29, 0.717) is 34.5 Å². The second kappa shape index (κ2) is 9.64. The number of nitrogens with zero attached hydrogens (tertiary/aromatic N) is 7. The van der Waals surface area contributed by atoms with Crippen molar-refractivity contribution in [1.82, 2.24) is 24.6 Å². The van der Waals surface area contributed by atoms with Crippen molar-refractivity contribution in [2.24, 2.45) is 0 Å². The summed E-state index contributed by atoms with van der Waals surface area (Å²) in [4.78, 5) is 13.2. The number of nitrogens with two attached hydrogens (primary N) is 1. The Morgan fingerprint density at radius 1 is 1.15 bits per heavy atom. The first-order chi connectivity index (χ1) is 16.4. The zero-order valence-corrected chi connectivity index (χ0v) is 19.6. The largest absolute Gasteiger partial charge is 0.494 e. The number of fused-ring (bicyclic) bond motifs is 1. The average Bonchev–Trinajstić information content (AvgIpc) is 3.26. The van der Waals surface area contributed by atoms with Gasteiger partial charge in [0.25, 0.3) is 0 Å². The van der Waals surface area contributed by atoms with Gasteiger partial charge in [0.05, 0.1) is 47.5 Å². The Morgan fingerprint density at radius 2 is 1.97 bits per heavy atom. The van der Waals surface area contributed by atoms with Crippen LogP contribution >= 0.6 is 0 Å². The molecule has 0 spiro atoms. The van der Waals surface area contributed by atoms with Crippen LogP contribution in [-0.2, 0) is 0 Å². The molecule has 0 fully saturated rings. The lowest BCUT2D eigenvalue weighted by atomic mass is 10.2. The third kappa shape index (κ3) is 4.69. The molecule has 2 aromatic carbocycles. The maximum Gasteiger partial charge on any atom is 0.229 e. The summed E-state index contributed by atoms with van der Waals surface area (Å²) in [5.74, 6) is 1.59. The van der Waals surface area contributed by atoms with E-state index in [1.807, 2.05) is 39.3 Å². The molecule has 0 unspecified atom stereocenters. The second-order valence-electron chi connectivity index (χ2n) is 8.14. The number of nitrogens with one attached hydrogen (secondary N) is 1. The van der Waals surface area contributed by atoms with Crippen molar-refractivity contribution in [3.63, 3.8) is 0 Å². The van der Waals surface area contributed by atoms with Gasteiger partial charge in [-0.1, -0.05) is 0 Å². The van der Waals surface area contributed by atoms with Crippen molar-refractivity contribution in [2.75, 3.05) is 57.3 Å². The van der Waals surface area contributed by atoms with Gasteiger partial charge in [0.1, 0.15) is 5.75 Å². The van der Waals surface area contributed by atoms with Crippen LogP contribution in [0.5, 0.6) is 5.75 Å². The van der Waals surface area contributed by atoms with Gasteiger partial charge in [0.15, 0.2) is 5.82 Å². The molecule has 4 aromatic rings. The molecule has 4 rings (SSSR count). The summed E-state index contributed by atoms with van der Waals surface area (Å²) in [6.45, 7) is 1.73. The normalized spacial score (nSPS) is 10.9. The Bertz CT molecular complexity index is 1360. The Kier molecular flexibility index (Phi) is 6.47. The third-order valence-corrected chi connectivity index (χ3v) is 5.44. The van der Waals surface area contributed by atoms with Gasteiger partial charge in [-0.2, -0.15) is 15.3 Å². The predicted octanol–water partition coefficient (Wildman–Crippen LogP) is 3.02. The van der Waals surface area contributed by atoms with E-state index >= 15 is 0 Å². The van der Waals surface area contributed by atoms with Crippen molar-refractivity contribution in [2.45, 2.75) is 0 Å². The first-order valence-electron chi connectivity index (χ1n) is 10.7. The monoisotopic (exact) mass is 457 g/mol. The molecule has 0 saturated carbocycles. The van der Waals surface area contributed by atoms with E-state index in [-0.39, 0.29) is 0 Å². The third-order valence-electron chi connectivity index (χ3n) is 5.44. The van der Waals surface area contributed by atoms with Crippen LogP contribution in [0.25, 0.3) is 16.7 Å². The van der Waals surface area contributed by atoms with Gasteiger partial charge in [-0.15, -0.1) is 0 Å². The van der Waals surface area contributed by atoms with Crippen molar-refractivity contribution < 1.29 is 4.74 Å². The molecule has 0 atom stereocenters. The summed E-state index contributed by atoms with van der Waals surface area (Å²) >= 11 is 0.